The van der Waals surface area contributed by atoms with Gasteiger partial charge in [0.25, 0.3) is 0 Å². The van der Waals surface area contributed by atoms with Gasteiger partial charge in [-0.15, -0.1) is 0 Å². The molecular weight excluding hydrogens is 228 g/mol. The Balaban J connectivity index is 2.22. The van der Waals surface area contributed by atoms with Gasteiger partial charge >= 0.3 is 0 Å². The first-order chi connectivity index (χ1) is 8.85. The Hall–Kier alpha value is -2.19. The van der Waals surface area contributed by atoms with Crippen molar-refractivity contribution < 1.29 is 4.74 Å². The SMILES string of the molecule is COCCCn1ncnc1-c1cccc(C#N)c1. The van der Waals surface area contributed by atoms with Gasteiger partial charge in [0.15, 0.2) is 5.82 Å². The van der Waals surface area contributed by atoms with Crippen LogP contribution in [0.5, 0.6) is 0 Å². The Kier molecular flexibility index (Phi) is 4.05. The van der Waals surface area contributed by atoms with Gasteiger partial charge in [-0.2, -0.15) is 10.4 Å². The van der Waals surface area contributed by atoms with Crippen LogP contribution in [0.4, 0.5) is 0 Å². The number of ether oxygens (including phenoxy) is 1. The molecule has 0 atom stereocenters. The highest BCUT2D eigenvalue weighted by Gasteiger charge is 2.07. The first-order valence-corrected chi connectivity index (χ1v) is 5.72. The molecule has 18 heavy (non-hydrogen) atoms. The maximum Gasteiger partial charge on any atom is 0.158 e. The summed E-state index contributed by atoms with van der Waals surface area (Å²) in [7, 11) is 1.68. The Morgan fingerprint density at radius 3 is 3.11 bits per heavy atom. The zero-order chi connectivity index (χ0) is 12.8. The van der Waals surface area contributed by atoms with E-state index in [0.29, 0.717) is 12.2 Å². The highest BCUT2D eigenvalue weighted by molar-refractivity contribution is 5.57. The summed E-state index contributed by atoms with van der Waals surface area (Å²) in [6.07, 6.45) is 2.41. The Labute approximate surface area is 106 Å². The highest BCUT2D eigenvalue weighted by atomic mass is 16.5. The molecule has 0 aliphatic carbocycles. The van der Waals surface area contributed by atoms with E-state index in [4.69, 9.17) is 10.00 Å². The third-order valence-electron chi connectivity index (χ3n) is 2.58. The Morgan fingerprint density at radius 2 is 2.33 bits per heavy atom. The van der Waals surface area contributed by atoms with Crippen LogP contribution in [-0.4, -0.2) is 28.5 Å². The minimum atomic E-state index is 0.624. The lowest BCUT2D eigenvalue weighted by Crippen LogP contribution is -2.05. The zero-order valence-electron chi connectivity index (χ0n) is 10.2. The summed E-state index contributed by atoms with van der Waals surface area (Å²) in [5.74, 6) is 0.781. The number of nitriles is 1. The molecule has 0 spiro atoms. The molecule has 1 aromatic carbocycles. The van der Waals surface area contributed by atoms with Crippen molar-refractivity contribution in [3.8, 4) is 17.5 Å². The number of benzene rings is 1. The van der Waals surface area contributed by atoms with Crippen LogP contribution in [-0.2, 0) is 11.3 Å². The molecule has 2 aromatic rings. The van der Waals surface area contributed by atoms with Gasteiger partial charge in [0.2, 0.25) is 0 Å². The molecule has 0 saturated carbocycles. The molecule has 1 aromatic heterocycles. The molecule has 0 N–H and O–H groups in total. The molecule has 92 valence electrons. The van der Waals surface area contributed by atoms with Crippen molar-refractivity contribution in [2.75, 3.05) is 13.7 Å². The number of aryl methyl sites for hydroxylation is 1. The lowest BCUT2D eigenvalue weighted by Gasteiger charge is -2.05. The van der Waals surface area contributed by atoms with Crippen molar-refractivity contribution >= 4 is 0 Å². The molecule has 0 aliphatic rings. The van der Waals surface area contributed by atoms with Crippen molar-refractivity contribution in [2.45, 2.75) is 13.0 Å². The first-order valence-electron chi connectivity index (χ1n) is 5.72. The summed E-state index contributed by atoms with van der Waals surface area (Å²) < 4.78 is 6.85. The first kappa shape index (κ1) is 12.3. The van der Waals surface area contributed by atoms with Gasteiger partial charge in [-0.25, -0.2) is 9.67 Å². The van der Waals surface area contributed by atoms with Crippen LogP contribution in [0.25, 0.3) is 11.4 Å². The topological polar surface area (TPSA) is 63.7 Å². The predicted octanol–water partition coefficient (Wildman–Crippen LogP) is 1.85. The minimum absolute atomic E-state index is 0.624. The van der Waals surface area contributed by atoms with E-state index in [1.54, 1.807) is 13.2 Å². The van der Waals surface area contributed by atoms with Crippen LogP contribution in [0.15, 0.2) is 30.6 Å². The molecule has 1 heterocycles. The summed E-state index contributed by atoms with van der Waals surface area (Å²) in [6.45, 7) is 1.44. The predicted molar refractivity (Wildman–Crippen MR) is 66.7 cm³/mol. The Morgan fingerprint density at radius 1 is 1.44 bits per heavy atom. The highest BCUT2D eigenvalue weighted by Crippen LogP contribution is 2.17. The summed E-state index contributed by atoms with van der Waals surface area (Å²) in [4.78, 5) is 4.24. The van der Waals surface area contributed by atoms with Gasteiger partial charge in [0, 0.05) is 25.8 Å². The van der Waals surface area contributed by atoms with E-state index in [-0.39, 0.29) is 0 Å². The molecule has 0 aliphatic heterocycles. The fourth-order valence-electron chi connectivity index (χ4n) is 1.74. The van der Waals surface area contributed by atoms with Crippen molar-refractivity contribution in [1.29, 1.82) is 5.26 Å². The largest absolute Gasteiger partial charge is 0.385 e. The van der Waals surface area contributed by atoms with Crippen molar-refractivity contribution in [3.05, 3.63) is 36.2 Å². The minimum Gasteiger partial charge on any atom is -0.385 e. The van der Waals surface area contributed by atoms with Crippen LogP contribution in [0.2, 0.25) is 0 Å². The van der Waals surface area contributed by atoms with Crippen LogP contribution in [0.3, 0.4) is 0 Å². The van der Waals surface area contributed by atoms with Gasteiger partial charge in [0.05, 0.1) is 11.6 Å². The molecule has 0 saturated heterocycles. The maximum absolute atomic E-state index is 8.89. The lowest BCUT2D eigenvalue weighted by atomic mass is 10.1. The van der Waals surface area contributed by atoms with Gasteiger partial charge in [0.1, 0.15) is 6.33 Å². The second-order valence-electron chi connectivity index (χ2n) is 3.85. The van der Waals surface area contributed by atoms with Gasteiger partial charge < -0.3 is 4.74 Å². The van der Waals surface area contributed by atoms with Crippen LogP contribution in [0, 0.1) is 11.3 Å². The standard InChI is InChI=1S/C13H14N4O/c1-18-7-3-6-17-13(15-10-16-17)12-5-2-4-11(8-12)9-14/h2,4-5,8,10H,3,6-7H2,1H3. The van der Waals surface area contributed by atoms with Crippen LogP contribution in [0.1, 0.15) is 12.0 Å². The van der Waals surface area contributed by atoms with E-state index >= 15 is 0 Å². The van der Waals surface area contributed by atoms with Crippen molar-refractivity contribution in [2.24, 2.45) is 0 Å². The summed E-state index contributed by atoms with van der Waals surface area (Å²) >= 11 is 0. The maximum atomic E-state index is 8.89. The number of methoxy groups -OCH3 is 1. The monoisotopic (exact) mass is 242 g/mol. The second kappa shape index (κ2) is 5.94. The third-order valence-corrected chi connectivity index (χ3v) is 2.58. The molecule has 0 radical (unpaired) electrons. The zero-order valence-corrected chi connectivity index (χ0v) is 10.2. The molecule has 0 fully saturated rings. The lowest BCUT2D eigenvalue weighted by molar-refractivity contribution is 0.189. The van der Waals surface area contributed by atoms with E-state index in [1.807, 2.05) is 22.9 Å². The fourth-order valence-corrected chi connectivity index (χ4v) is 1.74. The fraction of sp³-hybridized carbons (Fsp3) is 0.308. The molecule has 5 heteroatoms. The van der Waals surface area contributed by atoms with Gasteiger partial charge in [-0.05, 0) is 18.6 Å². The number of hydrogen-bond donors (Lipinski definition) is 0. The average molecular weight is 242 g/mol. The normalized spacial score (nSPS) is 10.2. The van der Waals surface area contributed by atoms with E-state index in [0.717, 1.165) is 24.4 Å². The van der Waals surface area contributed by atoms with Gasteiger partial charge in [-0.1, -0.05) is 12.1 Å². The summed E-state index contributed by atoms with van der Waals surface area (Å²) in [5.41, 5.74) is 1.53. The quantitative estimate of drug-likeness (QED) is 0.751. The number of rotatable bonds is 5. The molecule has 2 rings (SSSR count). The summed E-state index contributed by atoms with van der Waals surface area (Å²) in [6, 6.07) is 9.49. The molecule has 5 nitrogen and oxygen atoms in total. The molecule has 0 bridgehead atoms. The van der Waals surface area contributed by atoms with E-state index in [9.17, 15) is 0 Å². The molecular formula is C13H14N4O. The number of nitrogens with zero attached hydrogens (tertiary/aromatic N) is 4. The third kappa shape index (κ3) is 2.73. The van der Waals surface area contributed by atoms with E-state index in [2.05, 4.69) is 16.2 Å². The number of hydrogen-bond acceptors (Lipinski definition) is 4. The Bertz CT molecular complexity index is 556. The molecule has 0 unspecified atom stereocenters. The van der Waals surface area contributed by atoms with Crippen molar-refractivity contribution in [1.82, 2.24) is 14.8 Å². The van der Waals surface area contributed by atoms with Crippen LogP contribution < -0.4 is 0 Å². The second-order valence-corrected chi connectivity index (χ2v) is 3.85. The number of aromatic nitrogens is 3. The van der Waals surface area contributed by atoms with Crippen LogP contribution >= 0.6 is 0 Å². The molecule has 0 amide bonds. The van der Waals surface area contributed by atoms with E-state index in [1.165, 1.54) is 6.33 Å². The average Bonchev–Trinajstić information content (AvgIpc) is 2.87. The van der Waals surface area contributed by atoms with E-state index < -0.39 is 0 Å². The smallest absolute Gasteiger partial charge is 0.158 e. The van der Waals surface area contributed by atoms with Gasteiger partial charge in [-0.3, -0.25) is 0 Å². The van der Waals surface area contributed by atoms with Crippen molar-refractivity contribution in [3.63, 3.8) is 0 Å². The summed E-state index contributed by atoms with van der Waals surface area (Å²) in [5, 5.41) is 13.1.